The zero-order chi connectivity index (χ0) is 17.9. The number of pyridine rings is 1. The molecule has 9 heteroatoms. The molecule has 3 aromatic rings. The van der Waals surface area contributed by atoms with Gasteiger partial charge in [0.1, 0.15) is 5.82 Å². The predicted octanol–water partition coefficient (Wildman–Crippen LogP) is 1.85. The molecule has 1 saturated heterocycles. The largest absolute Gasteiger partial charge is 0.339 e. The topological polar surface area (TPSA) is 114 Å². The summed E-state index contributed by atoms with van der Waals surface area (Å²) in [6.07, 6.45) is 5.91. The SMILES string of the molecule is Cc1nc([C@H]2CCCN2C(=O)CCc2nc(-c3ccncc3)no2)n[nH]1. The zero-order valence-electron chi connectivity index (χ0n) is 14.4. The van der Waals surface area contributed by atoms with E-state index in [1.54, 1.807) is 12.4 Å². The van der Waals surface area contributed by atoms with Gasteiger partial charge in [0.2, 0.25) is 17.6 Å². The van der Waals surface area contributed by atoms with E-state index in [-0.39, 0.29) is 11.9 Å². The number of H-pyrrole nitrogens is 1. The molecule has 0 unspecified atom stereocenters. The average molecular weight is 353 g/mol. The first kappa shape index (κ1) is 16.4. The Balaban J connectivity index is 1.39. The lowest BCUT2D eigenvalue weighted by Gasteiger charge is -2.22. The maximum Gasteiger partial charge on any atom is 0.227 e. The van der Waals surface area contributed by atoms with Gasteiger partial charge in [-0.15, -0.1) is 0 Å². The normalized spacial score (nSPS) is 17.0. The van der Waals surface area contributed by atoms with E-state index in [9.17, 15) is 4.79 Å². The fourth-order valence-electron chi connectivity index (χ4n) is 3.17. The van der Waals surface area contributed by atoms with Crippen LogP contribution in [0.3, 0.4) is 0 Å². The second-order valence-corrected chi connectivity index (χ2v) is 6.27. The molecule has 0 radical (unpaired) electrons. The van der Waals surface area contributed by atoms with Gasteiger partial charge in [0.25, 0.3) is 0 Å². The first-order valence-corrected chi connectivity index (χ1v) is 8.62. The van der Waals surface area contributed by atoms with Crippen LogP contribution in [0.15, 0.2) is 29.0 Å². The van der Waals surface area contributed by atoms with Crippen LogP contribution in [0.5, 0.6) is 0 Å². The van der Waals surface area contributed by atoms with E-state index in [4.69, 9.17) is 4.52 Å². The summed E-state index contributed by atoms with van der Waals surface area (Å²) < 4.78 is 5.26. The van der Waals surface area contributed by atoms with Crippen molar-refractivity contribution in [2.75, 3.05) is 6.54 Å². The Kier molecular flexibility index (Phi) is 4.42. The summed E-state index contributed by atoms with van der Waals surface area (Å²) in [4.78, 5) is 27.2. The van der Waals surface area contributed by atoms with Gasteiger partial charge in [0.15, 0.2) is 5.82 Å². The van der Waals surface area contributed by atoms with Crippen LogP contribution < -0.4 is 0 Å². The maximum atomic E-state index is 12.6. The van der Waals surface area contributed by atoms with Crippen molar-refractivity contribution in [2.45, 2.75) is 38.6 Å². The molecule has 0 aliphatic carbocycles. The summed E-state index contributed by atoms with van der Waals surface area (Å²) in [6.45, 7) is 2.58. The van der Waals surface area contributed by atoms with Crippen molar-refractivity contribution in [1.82, 2.24) is 35.2 Å². The molecule has 134 valence electrons. The van der Waals surface area contributed by atoms with Crippen molar-refractivity contribution in [3.8, 4) is 11.4 Å². The van der Waals surface area contributed by atoms with E-state index in [2.05, 4.69) is 30.3 Å². The van der Waals surface area contributed by atoms with Gasteiger partial charge in [0, 0.05) is 37.3 Å². The molecule has 0 spiro atoms. The van der Waals surface area contributed by atoms with E-state index in [0.29, 0.717) is 30.4 Å². The van der Waals surface area contributed by atoms with Crippen LogP contribution in [0.4, 0.5) is 0 Å². The van der Waals surface area contributed by atoms with Crippen molar-refractivity contribution in [3.05, 3.63) is 42.1 Å². The highest BCUT2D eigenvalue weighted by Crippen LogP contribution is 2.30. The fourth-order valence-corrected chi connectivity index (χ4v) is 3.17. The third kappa shape index (κ3) is 3.32. The molecule has 0 bridgehead atoms. The predicted molar refractivity (Wildman–Crippen MR) is 90.7 cm³/mol. The number of carbonyl (C=O) groups excluding carboxylic acids is 1. The molecule has 4 heterocycles. The monoisotopic (exact) mass is 353 g/mol. The number of nitrogens with zero attached hydrogens (tertiary/aromatic N) is 6. The lowest BCUT2D eigenvalue weighted by atomic mass is 10.2. The number of aryl methyl sites for hydroxylation is 2. The first-order valence-electron chi connectivity index (χ1n) is 8.62. The number of aromatic amines is 1. The van der Waals surface area contributed by atoms with E-state index in [1.165, 1.54) is 0 Å². The lowest BCUT2D eigenvalue weighted by molar-refractivity contribution is -0.132. The summed E-state index contributed by atoms with van der Waals surface area (Å²) in [5, 5.41) is 11.0. The smallest absolute Gasteiger partial charge is 0.227 e. The summed E-state index contributed by atoms with van der Waals surface area (Å²) in [5.74, 6) is 2.46. The summed E-state index contributed by atoms with van der Waals surface area (Å²) in [5.41, 5.74) is 0.834. The van der Waals surface area contributed by atoms with Crippen LogP contribution in [0, 0.1) is 6.92 Å². The van der Waals surface area contributed by atoms with Crippen LogP contribution in [-0.2, 0) is 11.2 Å². The van der Waals surface area contributed by atoms with Crippen LogP contribution in [0.1, 0.15) is 42.8 Å². The molecular weight excluding hydrogens is 334 g/mol. The van der Waals surface area contributed by atoms with E-state index >= 15 is 0 Å². The second-order valence-electron chi connectivity index (χ2n) is 6.27. The first-order chi connectivity index (χ1) is 12.7. The van der Waals surface area contributed by atoms with Crippen molar-refractivity contribution in [3.63, 3.8) is 0 Å². The molecule has 0 aromatic carbocycles. The van der Waals surface area contributed by atoms with Crippen molar-refractivity contribution in [2.24, 2.45) is 0 Å². The Hall–Kier alpha value is -3.10. The second kappa shape index (κ2) is 7.03. The third-order valence-electron chi connectivity index (χ3n) is 4.45. The number of likely N-dealkylation sites (tertiary alicyclic amines) is 1. The van der Waals surface area contributed by atoms with E-state index in [0.717, 1.165) is 30.8 Å². The maximum absolute atomic E-state index is 12.6. The Morgan fingerprint density at radius 3 is 2.96 bits per heavy atom. The van der Waals surface area contributed by atoms with Crippen molar-refractivity contribution < 1.29 is 9.32 Å². The summed E-state index contributed by atoms with van der Waals surface area (Å²) in [6, 6.07) is 3.57. The van der Waals surface area contributed by atoms with Crippen LogP contribution in [0.2, 0.25) is 0 Å². The van der Waals surface area contributed by atoms with Gasteiger partial charge in [-0.3, -0.25) is 14.9 Å². The fraction of sp³-hybridized carbons (Fsp3) is 0.412. The highest BCUT2D eigenvalue weighted by Gasteiger charge is 2.32. The Bertz CT molecular complexity index is 889. The molecule has 1 aliphatic heterocycles. The van der Waals surface area contributed by atoms with Crippen molar-refractivity contribution >= 4 is 5.91 Å². The molecule has 1 atom stereocenters. The highest BCUT2D eigenvalue weighted by molar-refractivity contribution is 5.77. The van der Waals surface area contributed by atoms with Crippen LogP contribution in [-0.4, -0.2) is 47.7 Å². The Morgan fingerprint density at radius 2 is 2.19 bits per heavy atom. The van der Waals surface area contributed by atoms with Gasteiger partial charge in [-0.2, -0.15) is 10.1 Å². The van der Waals surface area contributed by atoms with Crippen LogP contribution in [0.25, 0.3) is 11.4 Å². The molecule has 9 nitrogen and oxygen atoms in total. The number of amides is 1. The Morgan fingerprint density at radius 1 is 1.35 bits per heavy atom. The van der Waals surface area contributed by atoms with E-state index < -0.39 is 0 Å². The molecule has 1 amide bonds. The molecule has 3 aromatic heterocycles. The van der Waals surface area contributed by atoms with Gasteiger partial charge in [-0.1, -0.05) is 5.16 Å². The van der Waals surface area contributed by atoms with Gasteiger partial charge in [-0.05, 0) is 31.9 Å². The average Bonchev–Trinajstić information content (AvgIpc) is 3.40. The molecule has 1 fully saturated rings. The molecule has 26 heavy (non-hydrogen) atoms. The molecule has 4 rings (SSSR count). The standard InChI is InChI=1S/C17H19N7O2/c1-11-19-17(22-21-11)13-3-2-10-24(13)15(25)5-4-14-20-16(23-26-14)12-6-8-18-9-7-12/h6-9,13H,2-5,10H2,1H3,(H,19,21,22)/t13-/m1/s1. The lowest BCUT2D eigenvalue weighted by Crippen LogP contribution is -2.31. The molecule has 0 saturated carbocycles. The molecule has 1 N–H and O–H groups in total. The highest BCUT2D eigenvalue weighted by atomic mass is 16.5. The quantitative estimate of drug-likeness (QED) is 0.744. The van der Waals surface area contributed by atoms with Crippen molar-refractivity contribution in [1.29, 1.82) is 0 Å². The number of nitrogens with one attached hydrogen (secondary N) is 1. The zero-order valence-corrected chi connectivity index (χ0v) is 14.4. The van der Waals surface area contributed by atoms with E-state index in [1.807, 2.05) is 24.0 Å². The van der Waals surface area contributed by atoms with Gasteiger partial charge in [0.05, 0.1) is 6.04 Å². The van der Waals surface area contributed by atoms with Gasteiger partial charge >= 0.3 is 0 Å². The number of rotatable bonds is 5. The Labute approximate surface area is 149 Å². The third-order valence-corrected chi connectivity index (χ3v) is 4.45. The minimum atomic E-state index is -0.0532. The number of aromatic nitrogens is 6. The van der Waals surface area contributed by atoms with Crippen LogP contribution >= 0.6 is 0 Å². The summed E-state index contributed by atoms with van der Waals surface area (Å²) in [7, 11) is 0. The molecule has 1 aliphatic rings. The summed E-state index contributed by atoms with van der Waals surface area (Å²) >= 11 is 0. The molecular formula is C17H19N7O2. The number of hydrogen-bond donors (Lipinski definition) is 1. The minimum absolute atomic E-state index is 0.0532. The van der Waals surface area contributed by atoms with Gasteiger partial charge < -0.3 is 9.42 Å². The van der Waals surface area contributed by atoms with Gasteiger partial charge in [-0.25, -0.2) is 4.98 Å². The number of hydrogen-bond acceptors (Lipinski definition) is 7. The number of carbonyl (C=O) groups is 1. The minimum Gasteiger partial charge on any atom is -0.339 e.